The molecular formula is C8H15NO. The van der Waals surface area contributed by atoms with Crippen LogP contribution in [0.1, 0.15) is 26.2 Å². The van der Waals surface area contributed by atoms with Crippen molar-refractivity contribution in [3.8, 4) is 0 Å². The molecule has 58 valence electrons. The number of hydrogen-bond donors (Lipinski definition) is 1. The average Bonchev–Trinajstić information content (AvgIpc) is 2.33. The molecule has 1 aliphatic heterocycles. The van der Waals surface area contributed by atoms with Crippen LogP contribution in [0.2, 0.25) is 0 Å². The molecule has 2 rings (SSSR count). The minimum Gasteiger partial charge on any atom is -0.372 e. The first kappa shape index (κ1) is 6.62. The predicted octanol–water partition coefficient (Wildman–Crippen LogP) is 0.916. The van der Waals surface area contributed by atoms with Gasteiger partial charge in [-0.05, 0) is 26.2 Å². The second-order valence-corrected chi connectivity index (χ2v) is 3.43. The quantitative estimate of drug-likeness (QED) is 0.541. The fraction of sp³-hybridized carbons (Fsp3) is 1.00. The summed E-state index contributed by atoms with van der Waals surface area (Å²) in [7, 11) is 0. The summed E-state index contributed by atoms with van der Waals surface area (Å²) in [6.45, 7) is 3.18. The fourth-order valence-corrected chi connectivity index (χ4v) is 1.99. The van der Waals surface area contributed by atoms with E-state index in [1.807, 2.05) is 0 Å². The van der Waals surface area contributed by atoms with E-state index in [0.717, 1.165) is 6.54 Å². The van der Waals surface area contributed by atoms with Gasteiger partial charge in [-0.2, -0.15) is 0 Å². The summed E-state index contributed by atoms with van der Waals surface area (Å²) in [6.07, 6.45) is 4.89. The highest BCUT2D eigenvalue weighted by Crippen LogP contribution is 2.25. The van der Waals surface area contributed by atoms with Crippen LogP contribution in [-0.2, 0) is 4.74 Å². The van der Waals surface area contributed by atoms with Gasteiger partial charge in [0.15, 0.2) is 0 Å². The zero-order chi connectivity index (χ0) is 6.97. The monoisotopic (exact) mass is 141 g/mol. The molecule has 0 unspecified atom stereocenters. The van der Waals surface area contributed by atoms with E-state index in [-0.39, 0.29) is 0 Å². The molecule has 2 fully saturated rings. The van der Waals surface area contributed by atoms with Gasteiger partial charge in [-0.25, -0.2) is 0 Å². The molecule has 0 aromatic heterocycles. The summed E-state index contributed by atoms with van der Waals surface area (Å²) in [4.78, 5) is 0. The molecule has 1 heterocycles. The number of nitrogens with one attached hydrogen (secondary N) is 1. The van der Waals surface area contributed by atoms with E-state index in [1.165, 1.54) is 19.3 Å². The second kappa shape index (κ2) is 2.51. The Bertz CT molecular complexity index is 126. The molecule has 1 saturated carbocycles. The normalized spacial score (nSPS) is 47.1. The van der Waals surface area contributed by atoms with Crippen LogP contribution in [0.15, 0.2) is 0 Å². The predicted molar refractivity (Wildman–Crippen MR) is 40.0 cm³/mol. The van der Waals surface area contributed by atoms with E-state index in [1.54, 1.807) is 0 Å². The van der Waals surface area contributed by atoms with Crippen molar-refractivity contribution < 1.29 is 4.74 Å². The smallest absolute Gasteiger partial charge is 0.0732 e. The maximum atomic E-state index is 5.75. The highest BCUT2D eigenvalue weighted by atomic mass is 16.5. The van der Waals surface area contributed by atoms with Crippen molar-refractivity contribution in [2.45, 2.75) is 44.4 Å². The van der Waals surface area contributed by atoms with Crippen molar-refractivity contribution in [3.05, 3.63) is 0 Å². The number of rotatable bonds is 0. The molecule has 10 heavy (non-hydrogen) atoms. The van der Waals surface area contributed by atoms with Crippen LogP contribution >= 0.6 is 0 Å². The summed E-state index contributed by atoms with van der Waals surface area (Å²) in [6, 6.07) is 0.677. The van der Waals surface area contributed by atoms with E-state index in [9.17, 15) is 0 Å². The molecule has 3 atom stereocenters. The number of ether oxygens (including phenoxy) is 1. The van der Waals surface area contributed by atoms with Gasteiger partial charge in [0.2, 0.25) is 0 Å². The molecule has 2 aliphatic rings. The molecule has 2 nitrogen and oxygen atoms in total. The van der Waals surface area contributed by atoms with Crippen LogP contribution in [0.5, 0.6) is 0 Å². The zero-order valence-corrected chi connectivity index (χ0v) is 6.47. The lowest BCUT2D eigenvalue weighted by molar-refractivity contribution is -0.0414. The summed E-state index contributed by atoms with van der Waals surface area (Å²) in [5.74, 6) is 0. The van der Waals surface area contributed by atoms with Crippen LogP contribution < -0.4 is 5.32 Å². The Morgan fingerprint density at radius 3 is 3.20 bits per heavy atom. The third-order valence-electron chi connectivity index (χ3n) is 2.53. The van der Waals surface area contributed by atoms with Gasteiger partial charge in [0.1, 0.15) is 0 Å². The fourth-order valence-electron chi connectivity index (χ4n) is 1.99. The Morgan fingerprint density at radius 1 is 1.40 bits per heavy atom. The molecule has 2 heteroatoms. The SMILES string of the molecule is C[C@@H]1CN[C@@H]2CCC[C@H]2O1. The van der Waals surface area contributed by atoms with Crippen molar-refractivity contribution >= 4 is 0 Å². The summed E-state index contributed by atoms with van der Waals surface area (Å²) < 4.78 is 5.75. The average molecular weight is 141 g/mol. The second-order valence-electron chi connectivity index (χ2n) is 3.43. The Balaban J connectivity index is 1.96. The van der Waals surface area contributed by atoms with Gasteiger partial charge in [-0.15, -0.1) is 0 Å². The first-order valence-electron chi connectivity index (χ1n) is 4.25. The molecule has 1 N–H and O–H groups in total. The number of morpholine rings is 1. The number of fused-ring (bicyclic) bond motifs is 1. The number of hydrogen-bond acceptors (Lipinski definition) is 2. The molecule has 1 aliphatic carbocycles. The summed E-state index contributed by atoms with van der Waals surface area (Å²) >= 11 is 0. The molecule has 0 aromatic carbocycles. The minimum absolute atomic E-state index is 0.430. The lowest BCUT2D eigenvalue weighted by Crippen LogP contribution is -2.48. The van der Waals surface area contributed by atoms with Gasteiger partial charge in [0, 0.05) is 12.6 Å². The van der Waals surface area contributed by atoms with Crippen LogP contribution in [0.4, 0.5) is 0 Å². The van der Waals surface area contributed by atoms with Gasteiger partial charge in [-0.3, -0.25) is 0 Å². The molecule has 0 radical (unpaired) electrons. The molecule has 1 saturated heterocycles. The molecular weight excluding hydrogens is 126 g/mol. The highest BCUT2D eigenvalue weighted by molar-refractivity contribution is 4.88. The third kappa shape index (κ3) is 1.06. The third-order valence-corrected chi connectivity index (χ3v) is 2.53. The van der Waals surface area contributed by atoms with Crippen molar-refractivity contribution in [2.24, 2.45) is 0 Å². The highest BCUT2D eigenvalue weighted by Gasteiger charge is 2.32. The Labute approximate surface area is 61.9 Å². The van der Waals surface area contributed by atoms with E-state index in [4.69, 9.17) is 4.74 Å². The maximum absolute atomic E-state index is 5.75. The van der Waals surface area contributed by atoms with Crippen molar-refractivity contribution in [3.63, 3.8) is 0 Å². The van der Waals surface area contributed by atoms with Crippen LogP contribution in [0.25, 0.3) is 0 Å². The Morgan fingerprint density at radius 2 is 2.30 bits per heavy atom. The van der Waals surface area contributed by atoms with Crippen molar-refractivity contribution in [2.75, 3.05) is 6.54 Å². The lowest BCUT2D eigenvalue weighted by atomic mass is 10.1. The van der Waals surface area contributed by atoms with Gasteiger partial charge < -0.3 is 10.1 Å². The van der Waals surface area contributed by atoms with Crippen LogP contribution in [0.3, 0.4) is 0 Å². The lowest BCUT2D eigenvalue weighted by Gasteiger charge is -2.31. The molecule has 0 amide bonds. The van der Waals surface area contributed by atoms with E-state index >= 15 is 0 Å². The maximum Gasteiger partial charge on any atom is 0.0732 e. The van der Waals surface area contributed by atoms with Gasteiger partial charge in [0.25, 0.3) is 0 Å². The molecule has 0 bridgehead atoms. The van der Waals surface area contributed by atoms with E-state index in [2.05, 4.69) is 12.2 Å². The van der Waals surface area contributed by atoms with Crippen LogP contribution in [0, 0.1) is 0 Å². The molecule has 0 spiro atoms. The van der Waals surface area contributed by atoms with Gasteiger partial charge >= 0.3 is 0 Å². The van der Waals surface area contributed by atoms with E-state index in [0.29, 0.717) is 18.2 Å². The first-order valence-corrected chi connectivity index (χ1v) is 4.25. The van der Waals surface area contributed by atoms with Gasteiger partial charge in [-0.1, -0.05) is 0 Å². The summed E-state index contributed by atoms with van der Waals surface area (Å²) in [5.41, 5.74) is 0. The van der Waals surface area contributed by atoms with Crippen molar-refractivity contribution in [1.82, 2.24) is 5.32 Å². The van der Waals surface area contributed by atoms with Crippen LogP contribution in [-0.4, -0.2) is 24.8 Å². The Hall–Kier alpha value is -0.0800. The first-order chi connectivity index (χ1) is 4.86. The molecule has 0 aromatic rings. The standard InChI is InChI=1S/C8H15NO/c1-6-5-9-7-3-2-4-8(7)10-6/h6-9H,2-5H2,1H3/t6-,7-,8-/m1/s1. The van der Waals surface area contributed by atoms with Gasteiger partial charge in [0.05, 0.1) is 12.2 Å². The minimum atomic E-state index is 0.430. The summed E-state index contributed by atoms with van der Waals surface area (Å²) in [5, 5.41) is 3.51. The largest absolute Gasteiger partial charge is 0.372 e. The zero-order valence-electron chi connectivity index (χ0n) is 6.47. The van der Waals surface area contributed by atoms with Crippen molar-refractivity contribution in [1.29, 1.82) is 0 Å². The topological polar surface area (TPSA) is 21.3 Å². The Kier molecular flexibility index (Phi) is 1.66. The van der Waals surface area contributed by atoms with E-state index < -0.39 is 0 Å².